The summed E-state index contributed by atoms with van der Waals surface area (Å²) < 4.78 is 5.96. The maximum absolute atomic E-state index is 11.5. The highest BCUT2D eigenvalue weighted by atomic mass is 16.5. The summed E-state index contributed by atoms with van der Waals surface area (Å²) in [7, 11) is 0. The van der Waals surface area contributed by atoms with E-state index in [0.29, 0.717) is 6.04 Å². The molecule has 1 aromatic carbocycles. The first-order valence-electron chi connectivity index (χ1n) is 6.76. The minimum Gasteiger partial charge on any atom is -0.487 e. The van der Waals surface area contributed by atoms with Crippen molar-refractivity contribution in [3.8, 4) is 5.75 Å². The normalized spacial score (nSPS) is 21.6. The van der Waals surface area contributed by atoms with Gasteiger partial charge in [0.15, 0.2) is 0 Å². The van der Waals surface area contributed by atoms with E-state index in [1.165, 1.54) is 0 Å². The molecule has 3 rings (SSSR count). The topological polar surface area (TPSA) is 58.6 Å². The molecule has 1 aliphatic carbocycles. The summed E-state index contributed by atoms with van der Waals surface area (Å²) >= 11 is 0. The molecule has 2 aliphatic rings. The van der Waals surface area contributed by atoms with E-state index >= 15 is 0 Å². The van der Waals surface area contributed by atoms with Crippen molar-refractivity contribution in [2.24, 2.45) is 0 Å². The molecule has 1 saturated carbocycles. The Kier molecular flexibility index (Phi) is 2.78. The molecule has 0 radical (unpaired) electrons. The van der Waals surface area contributed by atoms with Crippen LogP contribution in [-0.2, 0) is 11.2 Å². The van der Waals surface area contributed by atoms with Gasteiger partial charge in [-0.05, 0) is 32.3 Å². The number of hydrogen-bond donors (Lipinski definition) is 2. The van der Waals surface area contributed by atoms with Gasteiger partial charge in [0.25, 0.3) is 0 Å². The van der Waals surface area contributed by atoms with Crippen molar-refractivity contribution in [2.75, 3.05) is 0 Å². The minimum absolute atomic E-state index is 0.249. The number of carbonyl (C=O) groups is 1. The van der Waals surface area contributed by atoms with Gasteiger partial charge in [-0.3, -0.25) is 10.1 Å². The molecule has 0 amide bonds. The van der Waals surface area contributed by atoms with Gasteiger partial charge in [0, 0.05) is 18.0 Å². The standard InChI is InChI=1S/C15H19NO3/c1-15(2)8-9-4-3-5-11(13(9)19-15)12(14(17)18)16-10-6-7-10/h3-5,10,12,16H,6-8H2,1-2H3,(H,17,18). The third-order valence-electron chi connectivity index (χ3n) is 3.66. The molecule has 1 unspecified atom stereocenters. The molecular weight excluding hydrogens is 242 g/mol. The fraction of sp³-hybridized carbons (Fsp3) is 0.533. The summed E-state index contributed by atoms with van der Waals surface area (Å²) in [4.78, 5) is 11.5. The lowest BCUT2D eigenvalue weighted by molar-refractivity contribution is -0.139. The average molecular weight is 261 g/mol. The molecular formula is C15H19NO3. The van der Waals surface area contributed by atoms with E-state index in [4.69, 9.17) is 4.74 Å². The maximum Gasteiger partial charge on any atom is 0.325 e. The van der Waals surface area contributed by atoms with Crippen LogP contribution in [0.3, 0.4) is 0 Å². The summed E-state index contributed by atoms with van der Waals surface area (Å²) in [6, 6.07) is 5.46. The molecule has 0 spiro atoms. The van der Waals surface area contributed by atoms with E-state index in [-0.39, 0.29) is 5.60 Å². The highest BCUT2D eigenvalue weighted by Crippen LogP contribution is 2.40. The van der Waals surface area contributed by atoms with Gasteiger partial charge in [-0.15, -0.1) is 0 Å². The lowest BCUT2D eigenvalue weighted by Gasteiger charge is -2.21. The van der Waals surface area contributed by atoms with Gasteiger partial charge in [-0.25, -0.2) is 0 Å². The van der Waals surface area contributed by atoms with Crippen molar-refractivity contribution in [2.45, 2.75) is 50.8 Å². The highest BCUT2D eigenvalue weighted by Gasteiger charge is 2.36. The Morgan fingerprint density at radius 2 is 2.21 bits per heavy atom. The number of fused-ring (bicyclic) bond motifs is 1. The van der Waals surface area contributed by atoms with Gasteiger partial charge in [0.05, 0.1) is 0 Å². The second-order valence-corrected chi connectivity index (χ2v) is 6.09. The number of rotatable bonds is 4. The Labute approximate surface area is 112 Å². The zero-order valence-electron chi connectivity index (χ0n) is 11.3. The molecule has 19 heavy (non-hydrogen) atoms. The molecule has 1 aliphatic heterocycles. The minimum atomic E-state index is -0.839. The fourth-order valence-corrected chi connectivity index (χ4v) is 2.65. The van der Waals surface area contributed by atoms with Gasteiger partial charge in [0.1, 0.15) is 17.4 Å². The van der Waals surface area contributed by atoms with E-state index in [2.05, 4.69) is 5.32 Å². The van der Waals surface area contributed by atoms with Crippen LogP contribution in [0.2, 0.25) is 0 Å². The van der Waals surface area contributed by atoms with Crippen LogP contribution >= 0.6 is 0 Å². The van der Waals surface area contributed by atoms with Crippen LogP contribution in [0, 0.1) is 0 Å². The van der Waals surface area contributed by atoms with Crippen molar-refractivity contribution in [1.29, 1.82) is 0 Å². The number of carboxylic acid groups (broad SMARTS) is 1. The first-order chi connectivity index (χ1) is 8.96. The smallest absolute Gasteiger partial charge is 0.325 e. The van der Waals surface area contributed by atoms with Crippen LogP contribution in [-0.4, -0.2) is 22.7 Å². The van der Waals surface area contributed by atoms with Gasteiger partial charge in [-0.2, -0.15) is 0 Å². The first kappa shape index (κ1) is 12.5. The van der Waals surface area contributed by atoms with Crippen LogP contribution in [0.4, 0.5) is 0 Å². The summed E-state index contributed by atoms with van der Waals surface area (Å²) in [5.74, 6) is -0.0818. The number of carboxylic acids is 1. The van der Waals surface area contributed by atoms with Gasteiger partial charge in [-0.1, -0.05) is 18.2 Å². The van der Waals surface area contributed by atoms with E-state index in [1.807, 2.05) is 32.0 Å². The second-order valence-electron chi connectivity index (χ2n) is 6.09. The molecule has 1 fully saturated rings. The number of benzene rings is 1. The van der Waals surface area contributed by atoms with Crippen molar-refractivity contribution in [3.63, 3.8) is 0 Å². The number of aliphatic carboxylic acids is 1. The first-order valence-corrected chi connectivity index (χ1v) is 6.76. The monoisotopic (exact) mass is 261 g/mol. The van der Waals surface area contributed by atoms with Crippen molar-refractivity contribution in [3.05, 3.63) is 29.3 Å². The maximum atomic E-state index is 11.5. The Morgan fingerprint density at radius 1 is 1.47 bits per heavy atom. The number of ether oxygens (including phenoxy) is 1. The van der Waals surface area contributed by atoms with E-state index < -0.39 is 12.0 Å². The Bertz CT molecular complexity index is 520. The summed E-state index contributed by atoms with van der Waals surface area (Å²) in [6.07, 6.45) is 2.95. The van der Waals surface area contributed by atoms with E-state index in [1.54, 1.807) is 0 Å². The molecule has 1 atom stereocenters. The van der Waals surface area contributed by atoms with Crippen molar-refractivity contribution in [1.82, 2.24) is 5.32 Å². The average Bonchev–Trinajstić information content (AvgIpc) is 3.06. The van der Waals surface area contributed by atoms with Gasteiger partial charge in [0.2, 0.25) is 0 Å². The molecule has 2 N–H and O–H groups in total. The van der Waals surface area contributed by atoms with Crippen LogP contribution in [0.25, 0.3) is 0 Å². The number of hydrogen-bond acceptors (Lipinski definition) is 3. The number of nitrogens with one attached hydrogen (secondary N) is 1. The van der Waals surface area contributed by atoms with Crippen LogP contribution in [0.15, 0.2) is 18.2 Å². The van der Waals surface area contributed by atoms with Crippen LogP contribution in [0.1, 0.15) is 43.9 Å². The van der Waals surface area contributed by atoms with Crippen LogP contribution in [0.5, 0.6) is 5.75 Å². The number of para-hydroxylation sites is 1. The molecule has 1 heterocycles. The largest absolute Gasteiger partial charge is 0.487 e. The molecule has 4 nitrogen and oxygen atoms in total. The van der Waals surface area contributed by atoms with E-state index in [0.717, 1.165) is 36.1 Å². The molecule has 4 heteroatoms. The zero-order chi connectivity index (χ0) is 13.6. The third kappa shape index (κ3) is 2.45. The van der Waals surface area contributed by atoms with Gasteiger partial charge >= 0.3 is 5.97 Å². The Hall–Kier alpha value is -1.55. The summed E-state index contributed by atoms with van der Waals surface area (Å²) in [5, 5.41) is 12.6. The van der Waals surface area contributed by atoms with Crippen molar-refractivity contribution >= 4 is 5.97 Å². The van der Waals surface area contributed by atoms with Gasteiger partial charge < -0.3 is 9.84 Å². The summed E-state index contributed by atoms with van der Waals surface area (Å²) in [6.45, 7) is 4.06. The fourth-order valence-electron chi connectivity index (χ4n) is 2.65. The summed E-state index contributed by atoms with van der Waals surface area (Å²) in [5.41, 5.74) is 1.61. The van der Waals surface area contributed by atoms with Crippen LogP contribution < -0.4 is 10.1 Å². The third-order valence-corrected chi connectivity index (χ3v) is 3.66. The predicted molar refractivity (Wildman–Crippen MR) is 71.4 cm³/mol. The van der Waals surface area contributed by atoms with Crippen molar-refractivity contribution < 1.29 is 14.6 Å². The van der Waals surface area contributed by atoms with E-state index in [9.17, 15) is 9.90 Å². The predicted octanol–water partition coefficient (Wildman–Crippen LogP) is 2.28. The Balaban J connectivity index is 1.96. The molecule has 1 aromatic rings. The second kappa shape index (κ2) is 4.23. The highest BCUT2D eigenvalue weighted by molar-refractivity contribution is 5.77. The molecule has 0 bridgehead atoms. The molecule has 0 aromatic heterocycles. The quantitative estimate of drug-likeness (QED) is 0.873. The lowest BCUT2D eigenvalue weighted by atomic mass is 9.98. The molecule has 0 saturated heterocycles. The SMILES string of the molecule is CC1(C)Cc2cccc(C(NC3CC3)C(=O)O)c2O1. The zero-order valence-corrected chi connectivity index (χ0v) is 11.3. The molecule has 102 valence electrons. The Morgan fingerprint density at radius 3 is 2.84 bits per heavy atom. The lowest BCUT2D eigenvalue weighted by Crippen LogP contribution is -2.31.